The molecule has 1 fully saturated rings. The van der Waals surface area contributed by atoms with Gasteiger partial charge in [-0.05, 0) is 6.42 Å². The number of amides is 1. The van der Waals surface area contributed by atoms with Crippen LogP contribution in [-0.2, 0) is 4.79 Å². The minimum Gasteiger partial charge on any atom is -0.465 e. The Labute approximate surface area is 68.0 Å². The number of hydrogen-bond acceptors (Lipinski definition) is 2. The zero-order valence-electron chi connectivity index (χ0n) is 6.17. The van der Waals surface area contributed by atoms with Gasteiger partial charge < -0.3 is 10.6 Å². The van der Waals surface area contributed by atoms with Crippen molar-refractivity contribution in [1.29, 1.82) is 0 Å². The summed E-state index contributed by atoms with van der Waals surface area (Å²) in [6.07, 6.45) is 0.0997. The fraction of sp³-hybridized carbons (Fsp3) is 0.500. The second-order valence-electron chi connectivity index (χ2n) is 2.43. The summed E-state index contributed by atoms with van der Waals surface area (Å²) in [5.41, 5.74) is 8.01. The molecule has 0 bridgehead atoms. The van der Waals surface area contributed by atoms with Crippen LogP contribution < -0.4 is 0 Å². The summed E-state index contributed by atoms with van der Waals surface area (Å²) in [6.45, 7) is 0.366. The Morgan fingerprint density at radius 1 is 1.67 bits per heavy atom. The van der Waals surface area contributed by atoms with E-state index in [2.05, 4.69) is 4.79 Å². The Morgan fingerprint density at radius 2 is 2.33 bits per heavy atom. The van der Waals surface area contributed by atoms with Gasteiger partial charge in [-0.25, -0.2) is 4.79 Å². The molecule has 1 aliphatic rings. The molecule has 1 rings (SSSR count). The summed E-state index contributed by atoms with van der Waals surface area (Å²) in [6, 6.07) is -0.654. The molecule has 1 N–H and O–H groups in total. The highest BCUT2D eigenvalue weighted by molar-refractivity contribution is 6.28. The third-order valence-electron chi connectivity index (χ3n) is 1.78. The third-order valence-corrected chi connectivity index (χ3v) is 1.78. The molecule has 12 heavy (non-hydrogen) atoms. The van der Waals surface area contributed by atoms with E-state index in [1.165, 1.54) is 0 Å². The van der Waals surface area contributed by atoms with Crippen LogP contribution in [0, 0.1) is 0 Å². The van der Waals surface area contributed by atoms with Crippen LogP contribution >= 0.6 is 0 Å². The predicted molar refractivity (Wildman–Crippen MR) is 37.8 cm³/mol. The van der Waals surface area contributed by atoms with Crippen LogP contribution in [0.25, 0.3) is 5.53 Å². The first kappa shape index (κ1) is 8.42. The minimum absolute atomic E-state index is 0.366. The SMILES string of the molecule is [N-]=[N+]=CC(=O)C1CCN1C(=O)O. The summed E-state index contributed by atoms with van der Waals surface area (Å²) >= 11 is 0. The fourth-order valence-corrected chi connectivity index (χ4v) is 1.06. The number of rotatable bonds is 2. The molecular formula is C6H7N3O3. The van der Waals surface area contributed by atoms with Crippen molar-refractivity contribution in [3.05, 3.63) is 5.53 Å². The topological polar surface area (TPSA) is 94.0 Å². The highest BCUT2D eigenvalue weighted by Gasteiger charge is 2.38. The largest absolute Gasteiger partial charge is 0.465 e. The van der Waals surface area contributed by atoms with E-state index in [0.717, 1.165) is 11.1 Å². The summed E-state index contributed by atoms with van der Waals surface area (Å²) in [5.74, 6) is -0.480. The molecule has 0 aliphatic carbocycles. The van der Waals surface area contributed by atoms with Crippen molar-refractivity contribution < 1.29 is 19.5 Å². The number of carboxylic acid groups (broad SMARTS) is 1. The highest BCUT2D eigenvalue weighted by Crippen LogP contribution is 2.16. The van der Waals surface area contributed by atoms with Crippen LogP contribution in [0.3, 0.4) is 0 Å². The molecule has 1 atom stereocenters. The van der Waals surface area contributed by atoms with Crippen molar-refractivity contribution >= 4 is 18.1 Å². The van der Waals surface area contributed by atoms with Gasteiger partial charge in [-0.3, -0.25) is 9.69 Å². The lowest BCUT2D eigenvalue weighted by Gasteiger charge is -2.35. The highest BCUT2D eigenvalue weighted by atomic mass is 16.4. The number of carbonyl (C=O) groups excluding carboxylic acids is 1. The number of hydrogen-bond donors (Lipinski definition) is 1. The van der Waals surface area contributed by atoms with Crippen LogP contribution in [0.1, 0.15) is 6.42 Å². The second kappa shape index (κ2) is 3.15. The van der Waals surface area contributed by atoms with E-state index in [1.807, 2.05) is 0 Å². The molecule has 1 unspecified atom stereocenters. The van der Waals surface area contributed by atoms with Gasteiger partial charge in [0.25, 0.3) is 5.78 Å². The predicted octanol–water partition coefficient (Wildman–Crippen LogP) is -0.392. The van der Waals surface area contributed by atoms with Crippen LogP contribution in [-0.4, -0.2) is 45.5 Å². The van der Waals surface area contributed by atoms with Gasteiger partial charge in [0.2, 0.25) is 0 Å². The molecule has 1 amide bonds. The first-order valence-electron chi connectivity index (χ1n) is 3.37. The average molecular weight is 169 g/mol. The van der Waals surface area contributed by atoms with Crippen molar-refractivity contribution in [2.45, 2.75) is 12.5 Å². The van der Waals surface area contributed by atoms with E-state index in [9.17, 15) is 9.59 Å². The van der Waals surface area contributed by atoms with E-state index in [-0.39, 0.29) is 0 Å². The number of ketones is 1. The van der Waals surface area contributed by atoms with Gasteiger partial charge in [0.15, 0.2) is 0 Å². The minimum atomic E-state index is -1.12. The van der Waals surface area contributed by atoms with Gasteiger partial charge in [0, 0.05) is 6.54 Å². The molecule has 6 nitrogen and oxygen atoms in total. The summed E-state index contributed by atoms with van der Waals surface area (Å²) in [5, 5.41) is 8.49. The lowest BCUT2D eigenvalue weighted by atomic mass is 10.0. The molecule has 0 aromatic heterocycles. The maximum Gasteiger partial charge on any atom is 0.407 e. The molecule has 1 heterocycles. The van der Waals surface area contributed by atoms with E-state index in [0.29, 0.717) is 13.0 Å². The molecule has 6 heteroatoms. The first-order valence-corrected chi connectivity index (χ1v) is 3.37. The third kappa shape index (κ3) is 1.33. The standard InChI is InChI=1S/C6H7N3O3/c7-8-3-5(10)4-1-2-9(4)6(11)12/h3-4H,1-2H2,(H,11,12). The Hall–Kier alpha value is -1.68. The molecule has 0 radical (unpaired) electrons. The van der Waals surface area contributed by atoms with Crippen molar-refractivity contribution in [2.75, 3.05) is 6.54 Å². The first-order chi connectivity index (χ1) is 5.66. The number of likely N-dealkylation sites (tertiary alicyclic amines) is 1. The Balaban J connectivity index is 2.60. The number of Topliss-reactive ketones (excluding diaryl/α,β-unsaturated/α-hetero) is 1. The monoisotopic (exact) mass is 169 g/mol. The molecular weight excluding hydrogens is 162 g/mol. The molecule has 0 spiro atoms. The quantitative estimate of drug-likeness (QED) is 0.346. The molecule has 0 aromatic carbocycles. The Kier molecular flexibility index (Phi) is 2.21. The van der Waals surface area contributed by atoms with Crippen LogP contribution in [0.2, 0.25) is 0 Å². The van der Waals surface area contributed by atoms with Crippen molar-refractivity contribution in [1.82, 2.24) is 4.90 Å². The van der Waals surface area contributed by atoms with Gasteiger partial charge in [0.1, 0.15) is 6.04 Å². The molecule has 0 saturated carbocycles. The number of nitrogens with zero attached hydrogens (tertiary/aromatic N) is 3. The van der Waals surface area contributed by atoms with Crippen molar-refractivity contribution in [2.24, 2.45) is 0 Å². The molecule has 64 valence electrons. The Bertz CT molecular complexity index is 269. The summed E-state index contributed by atoms with van der Waals surface area (Å²) in [7, 11) is 0. The number of carbonyl (C=O) groups is 2. The van der Waals surface area contributed by atoms with Crippen LogP contribution in [0.4, 0.5) is 4.79 Å². The maximum absolute atomic E-state index is 10.9. The van der Waals surface area contributed by atoms with Crippen LogP contribution in [0.15, 0.2) is 0 Å². The van der Waals surface area contributed by atoms with Gasteiger partial charge in [0.05, 0.1) is 0 Å². The molecule has 1 aliphatic heterocycles. The smallest absolute Gasteiger partial charge is 0.407 e. The van der Waals surface area contributed by atoms with E-state index in [1.54, 1.807) is 0 Å². The van der Waals surface area contributed by atoms with E-state index < -0.39 is 17.9 Å². The molecule has 1 saturated heterocycles. The molecule has 0 aromatic rings. The maximum atomic E-state index is 10.9. The second-order valence-corrected chi connectivity index (χ2v) is 2.43. The van der Waals surface area contributed by atoms with Crippen molar-refractivity contribution in [3.63, 3.8) is 0 Å². The zero-order valence-corrected chi connectivity index (χ0v) is 6.17. The van der Waals surface area contributed by atoms with Gasteiger partial charge in [-0.15, -0.1) is 0 Å². The zero-order chi connectivity index (χ0) is 9.14. The van der Waals surface area contributed by atoms with Crippen molar-refractivity contribution in [3.8, 4) is 0 Å². The van der Waals surface area contributed by atoms with E-state index >= 15 is 0 Å². The lowest BCUT2D eigenvalue weighted by molar-refractivity contribution is -0.123. The van der Waals surface area contributed by atoms with E-state index in [4.69, 9.17) is 10.6 Å². The summed E-state index contributed by atoms with van der Waals surface area (Å²) < 4.78 is 0. The van der Waals surface area contributed by atoms with Gasteiger partial charge in [-0.1, -0.05) is 0 Å². The fourth-order valence-electron chi connectivity index (χ4n) is 1.06. The normalized spacial score (nSPS) is 20.7. The lowest BCUT2D eigenvalue weighted by Crippen LogP contribution is -2.55. The summed E-state index contributed by atoms with van der Waals surface area (Å²) in [4.78, 5) is 24.8. The average Bonchev–Trinajstić information content (AvgIpc) is 1.82. The van der Waals surface area contributed by atoms with Crippen LogP contribution in [0.5, 0.6) is 0 Å². The van der Waals surface area contributed by atoms with Gasteiger partial charge >= 0.3 is 12.3 Å². The Morgan fingerprint density at radius 3 is 2.67 bits per heavy atom. The van der Waals surface area contributed by atoms with Gasteiger partial charge in [-0.2, -0.15) is 4.79 Å².